The van der Waals surface area contributed by atoms with Crippen LogP contribution in [0.1, 0.15) is 26.3 Å². The van der Waals surface area contributed by atoms with Gasteiger partial charge in [-0.2, -0.15) is 0 Å². The molecule has 186 valence electrons. The topological polar surface area (TPSA) is 96.0 Å². The van der Waals surface area contributed by atoms with E-state index >= 15 is 0 Å². The number of ether oxygens (including phenoxy) is 1. The van der Waals surface area contributed by atoms with E-state index in [0.717, 1.165) is 20.6 Å². The lowest BCUT2D eigenvalue weighted by molar-refractivity contribution is -0.139. The molecule has 2 aromatic carbocycles. The van der Waals surface area contributed by atoms with Gasteiger partial charge >= 0.3 is 0 Å². The minimum Gasteiger partial charge on any atom is -0.495 e. The summed E-state index contributed by atoms with van der Waals surface area (Å²) >= 11 is 9.51. The number of hydrogen-bond donors (Lipinski definition) is 1. The molecule has 0 bridgehead atoms. The van der Waals surface area contributed by atoms with Crippen molar-refractivity contribution in [2.24, 2.45) is 0 Å². The molecule has 34 heavy (non-hydrogen) atoms. The van der Waals surface area contributed by atoms with Crippen molar-refractivity contribution in [1.29, 1.82) is 0 Å². The highest BCUT2D eigenvalue weighted by molar-refractivity contribution is 9.10. The summed E-state index contributed by atoms with van der Waals surface area (Å²) in [6, 6.07) is 10.9. The molecule has 0 radical (unpaired) electrons. The van der Waals surface area contributed by atoms with Gasteiger partial charge in [0.25, 0.3) is 0 Å². The van der Waals surface area contributed by atoms with Crippen LogP contribution in [-0.4, -0.2) is 57.1 Å². The van der Waals surface area contributed by atoms with E-state index in [2.05, 4.69) is 21.2 Å². The zero-order valence-corrected chi connectivity index (χ0v) is 22.9. The van der Waals surface area contributed by atoms with Crippen molar-refractivity contribution < 1.29 is 22.7 Å². The summed E-state index contributed by atoms with van der Waals surface area (Å²) in [7, 11) is -2.51. The molecule has 1 unspecified atom stereocenters. The summed E-state index contributed by atoms with van der Waals surface area (Å²) in [5, 5.41) is 3.09. The minimum absolute atomic E-state index is 0.106. The van der Waals surface area contributed by atoms with Crippen molar-refractivity contribution in [2.75, 3.05) is 24.2 Å². The Morgan fingerprint density at radius 1 is 1.15 bits per heavy atom. The molecule has 1 N–H and O–H groups in total. The van der Waals surface area contributed by atoms with Crippen molar-refractivity contribution in [3.05, 3.63) is 57.5 Å². The van der Waals surface area contributed by atoms with E-state index in [1.807, 2.05) is 38.1 Å². The van der Waals surface area contributed by atoms with E-state index in [9.17, 15) is 18.0 Å². The van der Waals surface area contributed by atoms with E-state index in [1.54, 1.807) is 13.0 Å². The Morgan fingerprint density at radius 2 is 1.82 bits per heavy atom. The van der Waals surface area contributed by atoms with Gasteiger partial charge in [-0.25, -0.2) is 8.42 Å². The van der Waals surface area contributed by atoms with Crippen LogP contribution in [0.15, 0.2) is 46.9 Å². The molecular weight excluding hydrogens is 546 g/mol. The van der Waals surface area contributed by atoms with Crippen LogP contribution in [0.2, 0.25) is 5.02 Å². The highest BCUT2D eigenvalue weighted by Gasteiger charge is 2.31. The van der Waals surface area contributed by atoms with Crippen LogP contribution < -0.4 is 14.4 Å². The maximum Gasteiger partial charge on any atom is 0.244 e. The number of nitrogens with one attached hydrogen (secondary N) is 1. The fourth-order valence-electron chi connectivity index (χ4n) is 3.27. The van der Waals surface area contributed by atoms with Crippen molar-refractivity contribution in [3.8, 4) is 5.75 Å². The molecule has 0 aromatic heterocycles. The molecule has 0 aliphatic rings. The first kappa shape index (κ1) is 27.9. The summed E-state index contributed by atoms with van der Waals surface area (Å²) < 4.78 is 32.4. The van der Waals surface area contributed by atoms with Crippen LogP contribution in [0.3, 0.4) is 0 Å². The van der Waals surface area contributed by atoms with Crippen molar-refractivity contribution in [2.45, 2.75) is 39.4 Å². The van der Waals surface area contributed by atoms with Gasteiger partial charge in [0.2, 0.25) is 21.8 Å². The molecule has 0 heterocycles. The monoisotopic (exact) mass is 573 g/mol. The lowest BCUT2D eigenvalue weighted by Gasteiger charge is -2.32. The van der Waals surface area contributed by atoms with E-state index in [4.69, 9.17) is 16.3 Å². The first-order chi connectivity index (χ1) is 15.8. The fourth-order valence-corrected chi connectivity index (χ4v) is 4.73. The van der Waals surface area contributed by atoms with Crippen LogP contribution in [0, 0.1) is 0 Å². The molecular formula is C23H29BrClN3O5S. The average molecular weight is 575 g/mol. The molecule has 0 aliphatic carbocycles. The van der Waals surface area contributed by atoms with Gasteiger partial charge in [0, 0.05) is 22.1 Å². The quantitative estimate of drug-likeness (QED) is 0.466. The molecule has 0 saturated carbocycles. The Kier molecular flexibility index (Phi) is 9.78. The van der Waals surface area contributed by atoms with Gasteiger partial charge in [-0.1, -0.05) is 39.7 Å². The highest BCUT2D eigenvalue weighted by Crippen LogP contribution is 2.33. The highest BCUT2D eigenvalue weighted by atomic mass is 79.9. The van der Waals surface area contributed by atoms with Gasteiger partial charge in [-0.05, 0) is 56.7 Å². The average Bonchev–Trinajstić information content (AvgIpc) is 2.74. The number of anilines is 1. The maximum atomic E-state index is 13.5. The lowest BCUT2D eigenvalue weighted by Crippen LogP contribution is -2.52. The zero-order valence-electron chi connectivity index (χ0n) is 19.7. The largest absolute Gasteiger partial charge is 0.495 e. The van der Waals surface area contributed by atoms with Crippen LogP contribution >= 0.6 is 27.5 Å². The number of carbonyl (C=O) groups excluding carboxylic acids is 2. The molecule has 11 heteroatoms. The summed E-state index contributed by atoms with van der Waals surface area (Å²) in [6.07, 6.45) is 0.994. The zero-order chi connectivity index (χ0) is 25.6. The normalized spacial score (nSPS) is 12.2. The Labute approximate surface area is 214 Å². The third-order valence-corrected chi connectivity index (χ3v) is 6.78. The number of benzene rings is 2. The standard InChI is InChI=1S/C23H29BrClN3O5S/c1-15(2)26-23(30)16(3)27(13-17-7-6-8-18(24)11-17)22(29)14-28(34(5,31)32)20-12-19(25)9-10-21(20)33-4/h6-12,15-16H,13-14H2,1-5H3,(H,26,30). The summed E-state index contributed by atoms with van der Waals surface area (Å²) in [4.78, 5) is 27.7. The molecule has 2 rings (SSSR count). The first-order valence-electron chi connectivity index (χ1n) is 10.5. The van der Waals surface area contributed by atoms with Gasteiger partial charge in [0.15, 0.2) is 0 Å². The third-order valence-electron chi connectivity index (χ3n) is 4.93. The Morgan fingerprint density at radius 3 is 2.38 bits per heavy atom. The molecule has 0 fully saturated rings. The number of sulfonamides is 1. The van der Waals surface area contributed by atoms with Crippen LogP contribution in [0.25, 0.3) is 0 Å². The number of carbonyl (C=O) groups is 2. The number of rotatable bonds is 10. The molecule has 0 aliphatic heterocycles. The van der Waals surface area contributed by atoms with E-state index < -0.39 is 28.5 Å². The van der Waals surface area contributed by atoms with Gasteiger partial charge in [-0.3, -0.25) is 13.9 Å². The second-order valence-corrected chi connectivity index (χ2v) is 11.3. The van der Waals surface area contributed by atoms with Crippen molar-refractivity contribution in [3.63, 3.8) is 0 Å². The maximum absolute atomic E-state index is 13.5. The smallest absolute Gasteiger partial charge is 0.244 e. The fraction of sp³-hybridized carbons (Fsp3) is 0.391. The van der Waals surface area contributed by atoms with Gasteiger partial charge < -0.3 is 15.0 Å². The molecule has 0 saturated heterocycles. The van der Waals surface area contributed by atoms with Crippen LogP contribution in [0.4, 0.5) is 5.69 Å². The van der Waals surface area contributed by atoms with Crippen molar-refractivity contribution >= 4 is 55.1 Å². The predicted molar refractivity (Wildman–Crippen MR) is 138 cm³/mol. The van der Waals surface area contributed by atoms with Gasteiger partial charge in [-0.15, -0.1) is 0 Å². The number of nitrogens with zero attached hydrogens (tertiary/aromatic N) is 2. The van der Waals surface area contributed by atoms with Crippen LogP contribution in [-0.2, 0) is 26.2 Å². The van der Waals surface area contributed by atoms with Gasteiger partial charge in [0.1, 0.15) is 18.3 Å². The number of methoxy groups -OCH3 is 1. The van der Waals surface area contributed by atoms with E-state index in [1.165, 1.54) is 24.1 Å². The molecule has 2 aromatic rings. The van der Waals surface area contributed by atoms with E-state index in [0.29, 0.717) is 0 Å². The predicted octanol–water partition coefficient (Wildman–Crippen LogP) is 3.82. The lowest BCUT2D eigenvalue weighted by atomic mass is 10.1. The summed E-state index contributed by atoms with van der Waals surface area (Å²) in [6.45, 7) is 4.82. The molecule has 8 nitrogen and oxygen atoms in total. The Bertz CT molecular complexity index is 1140. The summed E-state index contributed by atoms with van der Waals surface area (Å²) in [5.41, 5.74) is 0.908. The first-order valence-corrected chi connectivity index (χ1v) is 13.5. The number of amides is 2. The van der Waals surface area contributed by atoms with Crippen LogP contribution in [0.5, 0.6) is 5.75 Å². The number of hydrogen-bond acceptors (Lipinski definition) is 5. The number of halogens is 2. The third kappa shape index (κ3) is 7.61. The molecule has 2 amide bonds. The Balaban J connectivity index is 2.47. The van der Waals surface area contributed by atoms with E-state index in [-0.39, 0.29) is 35.0 Å². The SMILES string of the molecule is COc1ccc(Cl)cc1N(CC(=O)N(Cc1cccc(Br)c1)C(C)C(=O)NC(C)C)S(C)(=O)=O. The minimum atomic E-state index is -3.90. The van der Waals surface area contributed by atoms with Gasteiger partial charge in [0.05, 0.1) is 19.1 Å². The Hall–Kier alpha value is -2.30. The second kappa shape index (κ2) is 11.9. The second-order valence-electron chi connectivity index (χ2n) is 8.08. The summed E-state index contributed by atoms with van der Waals surface area (Å²) in [5.74, 6) is -0.657. The molecule has 0 spiro atoms. The van der Waals surface area contributed by atoms with Crippen molar-refractivity contribution in [1.82, 2.24) is 10.2 Å². The molecule has 1 atom stereocenters.